The summed E-state index contributed by atoms with van der Waals surface area (Å²) in [6, 6.07) is 7.26. The fourth-order valence-electron chi connectivity index (χ4n) is 2.86. The first-order valence-electron chi connectivity index (χ1n) is 9.01. The lowest BCUT2D eigenvalue weighted by Gasteiger charge is -2.26. The normalized spacial score (nSPS) is 15.3. The standard InChI is InChI=1S/C20H20F2N2O5S/c1-28-18-6-2-14(12-19(18)30(26,27)24-8-10-29-11-9-24)3-7-20(25)23-17-5-4-15(21)13-16(17)22/h2-7,12-13H,8-11H2,1H3,(H,23,25). The summed E-state index contributed by atoms with van der Waals surface area (Å²) in [4.78, 5) is 12.0. The Hall–Kier alpha value is -2.82. The summed E-state index contributed by atoms with van der Waals surface area (Å²) in [5.74, 6) is -2.14. The molecule has 10 heteroatoms. The van der Waals surface area contributed by atoms with E-state index in [2.05, 4.69) is 5.32 Å². The Labute approximate surface area is 173 Å². The van der Waals surface area contributed by atoms with Gasteiger partial charge in [0.15, 0.2) is 0 Å². The van der Waals surface area contributed by atoms with Gasteiger partial charge in [-0.1, -0.05) is 6.07 Å². The van der Waals surface area contributed by atoms with Gasteiger partial charge in [0.05, 0.1) is 26.0 Å². The minimum atomic E-state index is -3.82. The van der Waals surface area contributed by atoms with Crippen LogP contribution >= 0.6 is 0 Å². The maximum atomic E-state index is 13.6. The van der Waals surface area contributed by atoms with E-state index in [1.165, 1.54) is 29.6 Å². The average Bonchev–Trinajstić information content (AvgIpc) is 2.74. The Morgan fingerprint density at radius 3 is 2.57 bits per heavy atom. The number of sulfonamides is 1. The van der Waals surface area contributed by atoms with E-state index in [-0.39, 0.29) is 29.4 Å². The second-order valence-electron chi connectivity index (χ2n) is 6.37. The Bertz CT molecular complexity index is 1070. The van der Waals surface area contributed by atoms with Crippen LogP contribution in [0.15, 0.2) is 47.4 Å². The number of rotatable bonds is 6. The molecule has 2 aromatic carbocycles. The third kappa shape index (κ3) is 5.02. The highest BCUT2D eigenvalue weighted by Crippen LogP contribution is 2.29. The zero-order chi connectivity index (χ0) is 21.7. The number of halogens is 2. The van der Waals surface area contributed by atoms with Crippen molar-refractivity contribution in [1.29, 1.82) is 0 Å². The number of carbonyl (C=O) groups excluding carboxylic acids is 1. The number of amides is 1. The molecular formula is C20H20F2N2O5S. The van der Waals surface area contributed by atoms with E-state index < -0.39 is 27.6 Å². The number of hydrogen-bond donors (Lipinski definition) is 1. The van der Waals surface area contributed by atoms with Gasteiger partial charge in [-0.3, -0.25) is 4.79 Å². The summed E-state index contributed by atoms with van der Waals surface area (Å²) in [6.07, 6.45) is 2.50. The highest BCUT2D eigenvalue weighted by molar-refractivity contribution is 7.89. The van der Waals surface area contributed by atoms with Crippen molar-refractivity contribution in [3.05, 3.63) is 59.7 Å². The van der Waals surface area contributed by atoms with Crippen LogP contribution in [-0.4, -0.2) is 52.0 Å². The minimum Gasteiger partial charge on any atom is -0.495 e. The highest BCUT2D eigenvalue weighted by atomic mass is 32.2. The molecule has 0 saturated carbocycles. The quantitative estimate of drug-likeness (QED) is 0.701. The van der Waals surface area contributed by atoms with E-state index >= 15 is 0 Å². The van der Waals surface area contributed by atoms with E-state index in [1.54, 1.807) is 6.07 Å². The SMILES string of the molecule is COc1ccc(C=CC(=O)Nc2ccc(F)cc2F)cc1S(=O)(=O)N1CCOCC1. The first kappa shape index (κ1) is 21.9. The molecule has 0 atom stereocenters. The van der Waals surface area contributed by atoms with Gasteiger partial charge in [-0.25, -0.2) is 17.2 Å². The molecule has 0 unspecified atom stereocenters. The molecule has 7 nitrogen and oxygen atoms in total. The van der Waals surface area contributed by atoms with Gasteiger partial charge in [-0.15, -0.1) is 0 Å². The molecule has 1 N–H and O–H groups in total. The van der Waals surface area contributed by atoms with Gasteiger partial charge in [-0.05, 0) is 35.9 Å². The highest BCUT2D eigenvalue weighted by Gasteiger charge is 2.29. The van der Waals surface area contributed by atoms with Crippen molar-refractivity contribution in [2.45, 2.75) is 4.90 Å². The van der Waals surface area contributed by atoms with E-state index in [4.69, 9.17) is 9.47 Å². The molecule has 160 valence electrons. The largest absolute Gasteiger partial charge is 0.495 e. The Morgan fingerprint density at radius 2 is 1.90 bits per heavy atom. The summed E-state index contributed by atoms with van der Waals surface area (Å²) < 4.78 is 64.3. The van der Waals surface area contributed by atoms with Crippen molar-refractivity contribution in [3.63, 3.8) is 0 Å². The van der Waals surface area contributed by atoms with E-state index in [0.29, 0.717) is 24.8 Å². The smallest absolute Gasteiger partial charge is 0.248 e. The lowest BCUT2D eigenvalue weighted by atomic mass is 10.2. The molecule has 3 rings (SSSR count). The molecule has 0 aromatic heterocycles. The number of ether oxygens (including phenoxy) is 2. The maximum absolute atomic E-state index is 13.6. The first-order chi connectivity index (χ1) is 14.3. The van der Waals surface area contributed by atoms with Gasteiger partial charge in [0.2, 0.25) is 15.9 Å². The Morgan fingerprint density at radius 1 is 1.17 bits per heavy atom. The molecule has 30 heavy (non-hydrogen) atoms. The van der Waals surface area contributed by atoms with Crippen molar-refractivity contribution in [3.8, 4) is 5.75 Å². The molecular weight excluding hydrogens is 418 g/mol. The Balaban J connectivity index is 1.81. The van der Waals surface area contributed by atoms with E-state index in [0.717, 1.165) is 18.2 Å². The van der Waals surface area contributed by atoms with Gasteiger partial charge in [0.25, 0.3) is 0 Å². The predicted octanol–water partition coefficient (Wildman–Crippen LogP) is 2.65. The third-order valence-corrected chi connectivity index (χ3v) is 6.31. The summed E-state index contributed by atoms with van der Waals surface area (Å²) in [6.45, 7) is 1.08. The van der Waals surface area contributed by atoms with Crippen molar-refractivity contribution in [1.82, 2.24) is 4.31 Å². The van der Waals surface area contributed by atoms with Crippen LogP contribution in [0.1, 0.15) is 5.56 Å². The van der Waals surface area contributed by atoms with Crippen LogP contribution in [0.3, 0.4) is 0 Å². The van der Waals surface area contributed by atoms with E-state index in [9.17, 15) is 22.0 Å². The number of hydrogen-bond acceptors (Lipinski definition) is 5. The first-order valence-corrected chi connectivity index (χ1v) is 10.5. The summed E-state index contributed by atoms with van der Waals surface area (Å²) in [5, 5.41) is 2.29. The van der Waals surface area contributed by atoms with E-state index in [1.807, 2.05) is 0 Å². The third-order valence-electron chi connectivity index (χ3n) is 4.39. The van der Waals surface area contributed by atoms with Gasteiger partial charge in [0, 0.05) is 25.2 Å². The van der Waals surface area contributed by atoms with Gasteiger partial charge < -0.3 is 14.8 Å². The maximum Gasteiger partial charge on any atom is 0.248 e. The minimum absolute atomic E-state index is 0.0287. The predicted molar refractivity (Wildman–Crippen MR) is 107 cm³/mol. The number of nitrogens with zero attached hydrogens (tertiary/aromatic N) is 1. The number of benzene rings is 2. The van der Waals surface area contributed by atoms with Gasteiger partial charge in [-0.2, -0.15) is 4.31 Å². The fraction of sp³-hybridized carbons (Fsp3) is 0.250. The molecule has 0 bridgehead atoms. The molecule has 1 saturated heterocycles. The van der Waals surface area contributed by atoms with Crippen molar-refractivity contribution < 1.29 is 31.5 Å². The number of nitrogens with one attached hydrogen (secondary N) is 1. The monoisotopic (exact) mass is 438 g/mol. The zero-order valence-electron chi connectivity index (χ0n) is 16.1. The zero-order valence-corrected chi connectivity index (χ0v) is 16.9. The lowest BCUT2D eigenvalue weighted by Crippen LogP contribution is -2.40. The van der Waals surface area contributed by atoms with Crippen LogP contribution in [0.25, 0.3) is 6.08 Å². The number of carbonyl (C=O) groups is 1. The molecule has 1 aliphatic heterocycles. The molecule has 1 heterocycles. The summed E-state index contributed by atoms with van der Waals surface area (Å²) in [5.41, 5.74) is 0.258. The van der Waals surface area contributed by atoms with Crippen LogP contribution in [0, 0.1) is 11.6 Å². The van der Waals surface area contributed by atoms with Crippen molar-refractivity contribution >= 4 is 27.7 Å². The number of morpholine rings is 1. The molecule has 1 aliphatic rings. The van der Waals surface area contributed by atoms with Crippen LogP contribution in [0.2, 0.25) is 0 Å². The van der Waals surface area contributed by atoms with Crippen molar-refractivity contribution in [2.24, 2.45) is 0 Å². The number of anilines is 1. The fourth-order valence-corrected chi connectivity index (χ4v) is 4.46. The van der Waals surface area contributed by atoms with Crippen LogP contribution in [-0.2, 0) is 19.6 Å². The molecule has 0 radical (unpaired) electrons. The van der Waals surface area contributed by atoms with Gasteiger partial charge >= 0.3 is 0 Å². The summed E-state index contributed by atoms with van der Waals surface area (Å²) >= 11 is 0. The summed E-state index contributed by atoms with van der Waals surface area (Å²) in [7, 11) is -2.45. The molecule has 1 fully saturated rings. The number of methoxy groups -OCH3 is 1. The molecule has 0 aliphatic carbocycles. The van der Waals surface area contributed by atoms with Gasteiger partial charge in [0.1, 0.15) is 22.3 Å². The topological polar surface area (TPSA) is 84.9 Å². The molecule has 0 spiro atoms. The second kappa shape index (κ2) is 9.33. The average molecular weight is 438 g/mol. The van der Waals surface area contributed by atoms with Crippen molar-refractivity contribution in [2.75, 3.05) is 38.7 Å². The molecule has 2 aromatic rings. The van der Waals surface area contributed by atoms with Crippen LogP contribution in [0.5, 0.6) is 5.75 Å². The second-order valence-corrected chi connectivity index (χ2v) is 8.28. The lowest BCUT2D eigenvalue weighted by molar-refractivity contribution is -0.111. The Kier molecular flexibility index (Phi) is 6.80. The molecule has 1 amide bonds. The van der Waals surface area contributed by atoms with Crippen LogP contribution < -0.4 is 10.1 Å². The van der Waals surface area contributed by atoms with Crippen LogP contribution in [0.4, 0.5) is 14.5 Å².